The standard InChI is InChI=1S/C36H50N2O5S/c1-22(4-17-34(41)38-25-8-12-28(13-9-25)44(42,43)27-10-6-24(37)7-11-27)30-15-16-31-29-14-5-23-20-26(39)18-19-35(23,2)32(29)21-33(40)36(30,31)3/h6-13,22-23,26,29-33,39-40H,4-5,14-21,37H2,1-3H3,(H,38,41). The molecule has 10 unspecified atom stereocenters. The first-order valence-electron chi connectivity index (χ1n) is 16.7. The fraction of sp³-hybridized carbons (Fsp3) is 0.639. The Labute approximate surface area is 262 Å². The quantitative estimate of drug-likeness (QED) is 0.263. The number of rotatable bonds is 7. The van der Waals surface area contributed by atoms with Crippen LogP contribution in [0.25, 0.3) is 0 Å². The minimum atomic E-state index is -3.67. The van der Waals surface area contributed by atoms with E-state index in [0.717, 1.165) is 44.9 Å². The highest BCUT2D eigenvalue weighted by Crippen LogP contribution is 2.68. The van der Waals surface area contributed by atoms with Gasteiger partial charge in [0.25, 0.3) is 0 Å². The van der Waals surface area contributed by atoms with Crippen LogP contribution in [0.4, 0.5) is 11.4 Å². The number of nitrogens with two attached hydrogens (primary N) is 1. The van der Waals surface area contributed by atoms with E-state index in [4.69, 9.17) is 5.73 Å². The molecule has 4 aliphatic rings. The lowest BCUT2D eigenvalue weighted by atomic mass is 9.43. The summed E-state index contributed by atoms with van der Waals surface area (Å²) in [7, 11) is -3.67. The minimum absolute atomic E-state index is 0.0827. The van der Waals surface area contributed by atoms with Crippen molar-refractivity contribution in [3.05, 3.63) is 48.5 Å². The summed E-state index contributed by atoms with van der Waals surface area (Å²) in [6, 6.07) is 12.4. The van der Waals surface area contributed by atoms with E-state index in [1.807, 2.05) is 0 Å². The average Bonchev–Trinajstić information content (AvgIpc) is 3.36. The van der Waals surface area contributed by atoms with Crippen molar-refractivity contribution in [2.45, 2.75) is 107 Å². The van der Waals surface area contributed by atoms with Crippen molar-refractivity contribution in [1.29, 1.82) is 0 Å². The lowest BCUT2D eigenvalue weighted by Gasteiger charge is -2.62. The van der Waals surface area contributed by atoms with Gasteiger partial charge in [0.05, 0.1) is 22.0 Å². The van der Waals surface area contributed by atoms with Gasteiger partial charge in [-0.1, -0.05) is 20.8 Å². The molecule has 8 heteroatoms. The van der Waals surface area contributed by atoms with E-state index >= 15 is 0 Å². The molecule has 240 valence electrons. The van der Waals surface area contributed by atoms with Crippen molar-refractivity contribution in [2.24, 2.45) is 46.3 Å². The number of anilines is 2. The number of aliphatic hydroxyl groups is 2. The lowest BCUT2D eigenvalue weighted by Crippen LogP contribution is -2.58. The van der Waals surface area contributed by atoms with Gasteiger partial charge in [-0.05, 0) is 153 Å². The van der Waals surface area contributed by atoms with Crippen molar-refractivity contribution in [3.8, 4) is 0 Å². The predicted molar refractivity (Wildman–Crippen MR) is 172 cm³/mol. The molecule has 0 aromatic heterocycles. The van der Waals surface area contributed by atoms with E-state index < -0.39 is 9.84 Å². The molecule has 0 bridgehead atoms. The molecule has 6 rings (SSSR count). The number of carbonyl (C=O) groups excluding carboxylic acids is 1. The maximum atomic E-state index is 13.0. The first-order valence-corrected chi connectivity index (χ1v) is 18.2. The first kappa shape index (κ1) is 31.6. The number of carbonyl (C=O) groups is 1. The van der Waals surface area contributed by atoms with Gasteiger partial charge in [-0.15, -0.1) is 0 Å². The summed E-state index contributed by atoms with van der Waals surface area (Å²) in [4.78, 5) is 13.3. The summed E-state index contributed by atoms with van der Waals surface area (Å²) < 4.78 is 25.9. The van der Waals surface area contributed by atoms with Gasteiger partial charge in [0.2, 0.25) is 15.7 Å². The third-order valence-electron chi connectivity index (χ3n) is 13.0. The third kappa shape index (κ3) is 5.39. The molecule has 5 N–H and O–H groups in total. The minimum Gasteiger partial charge on any atom is -0.399 e. The van der Waals surface area contributed by atoms with Gasteiger partial charge in [0.1, 0.15) is 0 Å². The summed E-state index contributed by atoms with van der Waals surface area (Å²) in [5.41, 5.74) is 6.86. The van der Waals surface area contributed by atoms with Crippen LogP contribution >= 0.6 is 0 Å². The van der Waals surface area contributed by atoms with Crippen LogP contribution in [0.15, 0.2) is 58.3 Å². The lowest BCUT2D eigenvalue weighted by molar-refractivity contribution is -0.174. The maximum absolute atomic E-state index is 13.0. The van der Waals surface area contributed by atoms with Crippen molar-refractivity contribution in [1.82, 2.24) is 0 Å². The summed E-state index contributed by atoms with van der Waals surface area (Å²) in [5, 5.41) is 25.1. The second-order valence-corrected chi connectivity index (χ2v) is 17.0. The molecule has 7 nitrogen and oxygen atoms in total. The Morgan fingerprint density at radius 3 is 2.27 bits per heavy atom. The number of nitrogens with one attached hydrogen (secondary N) is 1. The number of hydrogen-bond donors (Lipinski definition) is 4. The Bertz CT molecular complexity index is 1460. The van der Waals surface area contributed by atoms with Crippen LogP contribution in [-0.4, -0.2) is 36.7 Å². The molecule has 10 atom stereocenters. The summed E-state index contributed by atoms with van der Waals surface area (Å²) >= 11 is 0. The Kier molecular flexibility index (Phi) is 8.42. The van der Waals surface area contributed by atoms with Crippen molar-refractivity contribution >= 4 is 27.1 Å². The van der Waals surface area contributed by atoms with E-state index in [0.29, 0.717) is 53.3 Å². The van der Waals surface area contributed by atoms with Crippen LogP contribution in [0.5, 0.6) is 0 Å². The normalized spacial score (nSPS) is 37.3. The number of amides is 1. The summed E-state index contributed by atoms with van der Waals surface area (Å²) in [5.74, 6) is 2.88. The smallest absolute Gasteiger partial charge is 0.224 e. The van der Waals surface area contributed by atoms with Crippen LogP contribution in [0.2, 0.25) is 0 Å². The van der Waals surface area contributed by atoms with Crippen LogP contribution in [0.1, 0.15) is 85.0 Å². The molecule has 0 heterocycles. The predicted octanol–water partition coefficient (Wildman–Crippen LogP) is 6.45. The van der Waals surface area contributed by atoms with Gasteiger partial charge in [0.15, 0.2) is 0 Å². The molecule has 4 saturated carbocycles. The molecule has 0 aliphatic heterocycles. The number of benzene rings is 2. The second-order valence-electron chi connectivity index (χ2n) is 15.0. The first-order chi connectivity index (χ1) is 20.8. The molecule has 44 heavy (non-hydrogen) atoms. The zero-order valence-corrected chi connectivity index (χ0v) is 27.2. The topological polar surface area (TPSA) is 130 Å². The summed E-state index contributed by atoms with van der Waals surface area (Å²) in [6.07, 6.45) is 9.08. The van der Waals surface area contributed by atoms with Gasteiger partial charge < -0.3 is 21.3 Å². The van der Waals surface area contributed by atoms with Crippen molar-refractivity contribution < 1.29 is 23.4 Å². The van der Waals surface area contributed by atoms with E-state index in [2.05, 4.69) is 26.1 Å². The molecule has 4 fully saturated rings. The van der Waals surface area contributed by atoms with E-state index in [-0.39, 0.29) is 38.7 Å². The van der Waals surface area contributed by atoms with Gasteiger partial charge in [-0.2, -0.15) is 0 Å². The summed E-state index contributed by atoms with van der Waals surface area (Å²) in [6.45, 7) is 7.05. The Morgan fingerprint density at radius 2 is 1.59 bits per heavy atom. The van der Waals surface area contributed by atoms with Crippen LogP contribution in [0, 0.1) is 46.3 Å². The highest BCUT2D eigenvalue weighted by molar-refractivity contribution is 7.91. The number of aliphatic hydroxyl groups excluding tert-OH is 2. The van der Waals surface area contributed by atoms with Crippen molar-refractivity contribution in [3.63, 3.8) is 0 Å². The zero-order chi connectivity index (χ0) is 31.4. The van der Waals surface area contributed by atoms with Gasteiger partial charge in [0, 0.05) is 17.8 Å². The number of fused-ring (bicyclic) bond motifs is 5. The largest absolute Gasteiger partial charge is 0.399 e. The molecule has 0 radical (unpaired) electrons. The molecule has 4 aliphatic carbocycles. The second kappa shape index (κ2) is 11.7. The Hall–Kier alpha value is -2.42. The van der Waals surface area contributed by atoms with E-state index in [1.54, 1.807) is 24.3 Å². The van der Waals surface area contributed by atoms with Crippen LogP contribution in [0.3, 0.4) is 0 Å². The molecule has 2 aromatic carbocycles. The average molecular weight is 623 g/mol. The highest BCUT2D eigenvalue weighted by atomic mass is 32.2. The molecule has 0 spiro atoms. The SMILES string of the molecule is CC(CCC(=O)Nc1ccc(S(=O)(=O)c2ccc(N)cc2)cc1)C1CCC2C3CCC4CC(O)CCC4(C)C3CC(O)C12C. The highest BCUT2D eigenvalue weighted by Gasteiger charge is 2.63. The zero-order valence-electron chi connectivity index (χ0n) is 26.4. The monoisotopic (exact) mass is 622 g/mol. The fourth-order valence-corrected chi connectivity index (χ4v) is 11.7. The number of nitrogen functional groups attached to an aromatic ring is 1. The van der Waals surface area contributed by atoms with Gasteiger partial charge in [-0.25, -0.2) is 8.42 Å². The molecular weight excluding hydrogens is 572 g/mol. The van der Waals surface area contributed by atoms with Gasteiger partial charge >= 0.3 is 0 Å². The van der Waals surface area contributed by atoms with Gasteiger partial charge in [-0.3, -0.25) is 4.79 Å². The maximum Gasteiger partial charge on any atom is 0.224 e. The van der Waals surface area contributed by atoms with E-state index in [1.165, 1.54) is 37.1 Å². The molecule has 2 aromatic rings. The van der Waals surface area contributed by atoms with Crippen LogP contribution in [-0.2, 0) is 14.6 Å². The molecule has 1 amide bonds. The van der Waals surface area contributed by atoms with Crippen LogP contribution < -0.4 is 11.1 Å². The molecular formula is C36H50N2O5S. The fourth-order valence-electron chi connectivity index (χ4n) is 10.4. The molecule has 0 saturated heterocycles. The van der Waals surface area contributed by atoms with Crippen molar-refractivity contribution in [2.75, 3.05) is 11.1 Å². The van der Waals surface area contributed by atoms with E-state index in [9.17, 15) is 23.4 Å². The Balaban J connectivity index is 1.06. The number of sulfone groups is 1. The Morgan fingerprint density at radius 1 is 0.932 bits per heavy atom. The number of hydrogen-bond acceptors (Lipinski definition) is 6. The third-order valence-corrected chi connectivity index (χ3v) is 14.8.